The van der Waals surface area contributed by atoms with Gasteiger partial charge >= 0.3 is 0 Å². The number of amides is 2. The first-order valence-electron chi connectivity index (χ1n) is 5.33. The van der Waals surface area contributed by atoms with Crippen molar-refractivity contribution in [2.24, 2.45) is 11.8 Å². The summed E-state index contributed by atoms with van der Waals surface area (Å²) in [6.07, 6.45) is 4.92. The van der Waals surface area contributed by atoms with E-state index in [9.17, 15) is 9.59 Å². The highest BCUT2D eigenvalue weighted by Crippen LogP contribution is 2.49. The standard InChI is InChI=1S/C11H13NO2/c1-2-8-6-4-3-5-7-9(6)11(14)12(8)10(7)13/h5-6,8-9H,2-4H2,1H3. The van der Waals surface area contributed by atoms with Gasteiger partial charge in [0.2, 0.25) is 5.91 Å². The zero-order chi connectivity index (χ0) is 9.87. The second-order valence-electron chi connectivity index (χ2n) is 4.37. The van der Waals surface area contributed by atoms with E-state index in [1.165, 1.54) is 4.90 Å². The van der Waals surface area contributed by atoms with E-state index in [1.807, 2.05) is 6.08 Å². The van der Waals surface area contributed by atoms with E-state index < -0.39 is 0 Å². The fourth-order valence-electron chi connectivity index (χ4n) is 3.29. The van der Waals surface area contributed by atoms with Gasteiger partial charge in [-0.15, -0.1) is 0 Å². The van der Waals surface area contributed by atoms with Crippen LogP contribution in [-0.2, 0) is 9.59 Å². The van der Waals surface area contributed by atoms with Crippen molar-refractivity contribution < 1.29 is 9.59 Å². The van der Waals surface area contributed by atoms with Gasteiger partial charge in [-0.2, -0.15) is 0 Å². The number of carbonyl (C=O) groups is 2. The molecule has 2 saturated heterocycles. The molecule has 2 bridgehead atoms. The van der Waals surface area contributed by atoms with Gasteiger partial charge in [-0.1, -0.05) is 13.0 Å². The Morgan fingerprint density at radius 2 is 2.29 bits per heavy atom. The van der Waals surface area contributed by atoms with E-state index in [0.717, 1.165) is 24.8 Å². The Labute approximate surface area is 82.8 Å². The lowest BCUT2D eigenvalue weighted by Crippen LogP contribution is -2.41. The molecular formula is C11H13NO2. The highest BCUT2D eigenvalue weighted by atomic mass is 16.2. The number of carbonyl (C=O) groups excluding carboxylic acids is 2. The normalized spacial score (nSPS) is 39.4. The third-order valence-corrected chi connectivity index (χ3v) is 3.84. The molecule has 0 N–H and O–H groups in total. The number of hydrogen-bond donors (Lipinski definition) is 0. The molecule has 3 nitrogen and oxygen atoms in total. The Hall–Kier alpha value is -1.12. The molecule has 2 amide bonds. The quantitative estimate of drug-likeness (QED) is 0.582. The van der Waals surface area contributed by atoms with Gasteiger partial charge in [0.05, 0.1) is 5.92 Å². The molecule has 3 heteroatoms. The van der Waals surface area contributed by atoms with Crippen molar-refractivity contribution in [1.82, 2.24) is 4.90 Å². The summed E-state index contributed by atoms with van der Waals surface area (Å²) in [5.41, 5.74) is 0.788. The zero-order valence-corrected chi connectivity index (χ0v) is 8.19. The first-order chi connectivity index (χ1) is 6.75. The van der Waals surface area contributed by atoms with E-state index in [4.69, 9.17) is 0 Å². The van der Waals surface area contributed by atoms with E-state index >= 15 is 0 Å². The Bertz CT molecular complexity index is 358. The van der Waals surface area contributed by atoms with Crippen LogP contribution in [0, 0.1) is 11.8 Å². The molecule has 14 heavy (non-hydrogen) atoms. The van der Waals surface area contributed by atoms with Crippen LogP contribution in [0.2, 0.25) is 0 Å². The summed E-state index contributed by atoms with van der Waals surface area (Å²) < 4.78 is 0. The minimum absolute atomic E-state index is 0.0113. The lowest BCUT2D eigenvalue weighted by Gasteiger charge is -2.33. The molecule has 2 aliphatic heterocycles. The van der Waals surface area contributed by atoms with Crippen molar-refractivity contribution in [1.29, 1.82) is 0 Å². The van der Waals surface area contributed by atoms with Gasteiger partial charge < -0.3 is 0 Å². The average molecular weight is 191 g/mol. The van der Waals surface area contributed by atoms with Crippen LogP contribution in [0.1, 0.15) is 26.2 Å². The number of imide groups is 1. The minimum Gasteiger partial charge on any atom is -0.275 e. The number of rotatable bonds is 1. The van der Waals surface area contributed by atoms with Crippen molar-refractivity contribution in [3.63, 3.8) is 0 Å². The second kappa shape index (κ2) is 2.47. The Morgan fingerprint density at radius 1 is 1.50 bits per heavy atom. The third-order valence-electron chi connectivity index (χ3n) is 3.84. The van der Waals surface area contributed by atoms with E-state index in [-0.39, 0.29) is 23.8 Å². The lowest BCUT2D eigenvalue weighted by molar-refractivity contribution is -0.138. The van der Waals surface area contributed by atoms with Crippen molar-refractivity contribution in [3.05, 3.63) is 11.6 Å². The van der Waals surface area contributed by atoms with Crippen LogP contribution in [0.4, 0.5) is 0 Å². The highest BCUT2D eigenvalue weighted by Gasteiger charge is 2.59. The molecule has 3 rings (SSSR count). The summed E-state index contributed by atoms with van der Waals surface area (Å²) in [4.78, 5) is 25.1. The number of piperidine rings is 1. The summed E-state index contributed by atoms with van der Waals surface area (Å²) in [7, 11) is 0. The topological polar surface area (TPSA) is 37.4 Å². The van der Waals surface area contributed by atoms with Gasteiger partial charge in [-0.3, -0.25) is 14.5 Å². The number of nitrogens with zero attached hydrogens (tertiary/aromatic N) is 1. The second-order valence-corrected chi connectivity index (χ2v) is 4.37. The van der Waals surface area contributed by atoms with E-state index in [2.05, 4.69) is 6.92 Å². The van der Waals surface area contributed by atoms with Crippen molar-refractivity contribution >= 4 is 11.8 Å². The number of hydrogen-bond acceptors (Lipinski definition) is 2. The summed E-state index contributed by atoms with van der Waals surface area (Å²) in [5.74, 6) is 0.409. The molecule has 0 saturated carbocycles. The molecule has 0 aromatic heterocycles. The Morgan fingerprint density at radius 3 is 3.00 bits per heavy atom. The molecule has 0 radical (unpaired) electrons. The van der Waals surface area contributed by atoms with Crippen molar-refractivity contribution in [3.8, 4) is 0 Å². The molecule has 2 heterocycles. The van der Waals surface area contributed by atoms with Crippen LogP contribution in [0.15, 0.2) is 11.6 Å². The predicted octanol–water partition coefficient (Wildman–Crippen LogP) is 1.10. The van der Waals surface area contributed by atoms with E-state index in [1.54, 1.807) is 0 Å². The largest absolute Gasteiger partial charge is 0.275 e. The minimum atomic E-state index is -0.0683. The summed E-state index contributed by atoms with van der Waals surface area (Å²) in [6.45, 7) is 2.06. The van der Waals surface area contributed by atoms with Gasteiger partial charge in [-0.05, 0) is 25.2 Å². The molecule has 74 valence electrons. The summed E-state index contributed by atoms with van der Waals surface area (Å²) >= 11 is 0. The van der Waals surface area contributed by atoms with Crippen LogP contribution < -0.4 is 0 Å². The predicted molar refractivity (Wildman–Crippen MR) is 50.2 cm³/mol. The number of allylic oxidation sites excluding steroid dienone is 1. The fourth-order valence-corrected chi connectivity index (χ4v) is 3.29. The highest BCUT2D eigenvalue weighted by molar-refractivity contribution is 6.17. The van der Waals surface area contributed by atoms with Gasteiger partial charge in [0.25, 0.3) is 5.91 Å². The molecule has 0 aromatic rings. The molecular weight excluding hydrogens is 178 g/mol. The molecule has 2 fully saturated rings. The maximum absolute atomic E-state index is 11.8. The molecule has 3 atom stereocenters. The van der Waals surface area contributed by atoms with Crippen LogP contribution in [0.3, 0.4) is 0 Å². The molecule has 1 aliphatic carbocycles. The van der Waals surface area contributed by atoms with Gasteiger partial charge in [0.15, 0.2) is 0 Å². The summed E-state index contributed by atoms with van der Waals surface area (Å²) in [5, 5.41) is 0. The SMILES string of the molecule is CCC1C2CCC=C3C(=O)N1C(=O)C32. The lowest BCUT2D eigenvalue weighted by atomic mass is 9.75. The van der Waals surface area contributed by atoms with Crippen molar-refractivity contribution in [2.75, 3.05) is 0 Å². The Balaban J connectivity index is 2.13. The van der Waals surface area contributed by atoms with Crippen LogP contribution in [0.5, 0.6) is 0 Å². The fraction of sp³-hybridized carbons (Fsp3) is 0.636. The zero-order valence-electron chi connectivity index (χ0n) is 8.19. The van der Waals surface area contributed by atoms with E-state index in [0.29, 0.717) is 5.92 Å². The van der Waals surface area contributed by atoms with Gasteiger partial charge in [-0.25, -0.2) is 0 Å². The smallest absolute Gasteiger partial charge is 0.257 e. The average Bonchev–Trinajstić information content (AvgIpc) is 2.61. The first-order valence-corrected chi connectivity index (χ1v) is 5.33. The summed E-state index contributed by atoms with van der Waals surface area (Å²) in [6, 6.07) is 0.192. The maximum atomic E-state index is 11.8. The van der Waals surface area contributed by atoms with Crippen LogP contribution in [-0.4, -0.2) is 22.8 Å². The van der Waals surface area contributed by atoms with Crippen LogP contribution >= 0.6 is 0 Å². The van der Waals surface area contributed by atoms with Gasteiger partial charge in [0, 0.05) is 11.6 Å². The van der Waals surface area contributed by atoms with Crippen molar-refractivity contribution in [2.45, 2.75) is 32.2 Å². The molecule has 0 spiro atoms. The monoisotopic (exact) mass is 191 g/mol. The van der Waals surface area contributed by atoms with Gasteiger partial charge in [0.1, 0.15) is 0 Å². The number of fused-ring (bicyclic) bond motifs is 1. The van der Waals surface area contributed by atoms with Crippen LogP contribution in [0.25, 0.3) is 0 Å². The molecule has 0 aromatic carbocycles. The Kier molecular flexibility index (Phi) is 1.45. The first kappa shape index (κ1) is 8.21. The third kappa shape index (κ3) is 0.703. The molecule has 3 unspecified atom stereocenters. The maximum Gasteiger partial charge on any atom is 0.257 e. The molecule has 3 aliphatic rings.